The van der Waals surface area contributed by atoms with Gasteiger partial charge in [-0.15, -0.1) is 0 Å². The second kappa shape index (κ2) is 3.49. The molecule has 0 atom stereocenters. The summed E-state index contributed by atoms with van der Waals surface area (Å²) < 4.78 is 4.22. The van der Waals surface area contributed by atoms with Crippen LogP contribution < -0.4 is 5.32 Å². The Morgan fingerprint density at radius 2 is 2.31 bits per heavy atom. The minimum absolute atomic E-state index is 0.163. The first-order chi connectivity index (χ1) is 5.89. The monoisotopic (exact) mass is 246 g/mol. The van der Waals surface area contributed by atoms with Crippen LogP contribution in [0.15, 0.2) is 10.6 Å². The Labute approximate surface area is 84.8 Å². The van der Waals surface area contributed by atoms with Gasteiger partial charge >= 0.3 is 0 Å². The second-order valence-electron chi connectivity index (χ2n) is 3.26. The number of alkyl halides is 1. The number of nitrogens with zero attached hydrogens (tertiary/aromatic N) is 1. The van der Waals surface area contributed by atoms with Crippen molar-refractivity contribution in [2.75, 3.05) is 5.32 Å². The first-order valence-electron chi connectivity index (χ1n) is 3.83. The van der Waals surface area contributed by atoms with Crippen LogP contribution in [0.4, 0.5) is 5.88 Å². The molecule has 1 amide bonds. The van der Waals surface area contributed by atoms with Gasteiger partial charge in [-0.1, -0.05) is 21.1 Å². The lowest BCUT2D eigenvalue weighted by atomic mass is 10.2. The molecule has 1 rings (SSSR count). The number of hydrogen-bond acceptors (Lipinski definition) is 3. The van der Waals surface area contributed by atoms with Crippen molar-refractivity contribution in [1.29, 1.82) is 0 Å². The molecular weight excluding hydrogens is 236 g/mol. The zero-order valence-corrected chi connectivity index (χ0v) is 9.31. The van der Waals surface area contributed by atoms with Crippen LogP contribution >= 0.6 is 15.9 Å². The maximum atomic E-state index is 11.4. The minimum atomic E-state index is -0.603. The predicted molar refractivity (Wildman–Crippen MR) is 52.9 cm³/mol. The van der Waals surface area contributed by atoms with Crippen LogP contribution in [0.3, 0.4) is 0 Å². The Morgan fingerprint density at radius 1 is 1.69 bits per heavy atom. The molecule has 1 aromatic rings. The number of aryl methyl sites for hydroxylation is 1. The van der Waals surface area contributed by atoms with Gasteiger partial charge in [0.15, 0.2) is 0 Å². The standard InChI is InChI=1S/C8H11BrN2O2/c1-5-4-6(13-11-5)10-7(12)8(2,3)9/h4H,1-3H3,(H,10,12). The van der Waals surface area contributed by atoms with E-state index in [1.807, 2.05) is 0 Å². The number of carbonyl (C=O) groups is 1. The molecule has 0 unspecified atom stereocenters. The van der Waals surface area contributed by atoms with Gasteiger partial charge < -0.3 is 4.52 Å². The molecule has 4 nitrogen and oxygen atoms in total. The van der Waals surface area contributed by atoms with Crippen molar-refractivity contribution in [3.63, 3.8) is 0 Å². The summed E-state index contributed by atoms with van der Waals surface area (Å²) in [6.07, 6.45) is 0. The van der Waals surface area contributed by atoms with Crippen LogP contribution in [-0.4, -0.2) is 15.4 Å². The highest BCUT2D eigenvalue weighted by molar-refractivity contribution is 9.10. The number of rotatable bonds is 2. The third kappa shape index (κ3) is 2.84. The van der Waals surface area contributed by atoms with Crippen molar-refractivity contribution >= 4 is 27.7 Å². The fourth-order valence-corrected chi connectivity index (χ4v) is 0.782. The largest absolute Gasteiger partial charge is 0.338 e. The van der Waals surface area contributed by atoms with Crippen LogP contribution in [0.5, 0.6) is 0 Å². The molecule has 1 N–H and O–H groups in total. The smallest absolute Gasteiger partial charge is 0.243 e. The first kappa shape index (κ1) is 10.2. The number of carbonyl (C=O) groups excluding carboxylic acids is 1. The number of aromatic nitrogens is 1. The highest BCUT2D eigenvalue weighted by Gasteiger charge is 2.24. The molecule has 0 saturated heterocycles. The van der Waals surface area contributed by atoms with E-state index in [0.29, 0.717) is 5.88 Å². The van der Waals surface area contributed by atoms with E-state index in [4.69, 9.17) is 4.52 Å². The molecule has 13 heavy (non-hydrogen) atoms. The van der Waals surface area contributed by atoms with E-state index in [-0.39, 0.29) is 5.91 Å². The SMILES string of the molecule is Cc1cc(NC(=O)C(C)(C)Br)on1. The maximum absolute atomic E-state index is 11.4. The molecule has 5 heteroatoms. The van der Waals surface area contributed by atoms with Crippen molar-refractivity contribution in [2.24, 2.45) is 0 Å². The van der Waals surface area contributed by atoms with Crippen LogP contribution in [0.1, 0.15) is 19.5 Å². The Balaban J connectivity index is 2.65. The lowest BCUT2D eigenvalue weighted by Gasteiger charge is -2.13. The Bertz CT molecular complexity index is 314. The third-order valence-electron chi connectivity index (χ3n) is 1.40. The highest BCUT2D eigenvalue weighted by Crippen LogP contribution is 2.19. The maximum Gasteiger partial charge on any atom is 0.243 e. The van der Waals surface area contributed by atoms with Crippen molar-refractivity contribution in [2.45, 2.75) is 25.1 Å². The van der Waals surface area contributed by atoms with Crippen LogP contribution in [0.25, 0.3) is 0 Å². The van der Waals surface area contributed by atoms with Crippen LogP contribution in [-0.2, 0) is 4.79 Å². The van der Waals surface area contributed by atoms with Gasteiger partial charge in [-0.05, 0) is 20.8 Å². The molecule has 1 aromatic heterocycles. The molecule has 0 aromatic carbocycles. The van der Waals surface area contributed by atoms with Gasteiger partial charge in [-0.3, -0.25) is 10.1 Å². The van der Waals surface area contributed by atoms with E-state index in [2.05, 4.69) is 26.4 Å². The summed E-state index contributed by atoms with van der Waals surface area (Å²) in [5, 5.41) is 6.23. The molecule has 0 radical (unpaired) electrons. The number of nitrogens with one attached hydrogen (secondary N) is 1. The van der Waals surface area contributed by atoms with E-state index in [1.54, 1.807) is 26.8 Å². The van der Waals surface area contributed by atoms with Gasteiger partial charge in [0.1, 0.15) is 0 Å². The summed E-state index contributed by atoms with van der Waals surface area (Å²) in [5.41, 5.74) is 0.739. The zero-order chi connectivity index (χ0) is 10.1. The summed E-state index contributed by atoms with van der Waals surface area (Å²) in [7, 11) is 0. The van der Waals surface area contributed by atoms with Crippen molar-refractivity contribution in [3.8, 4) is 0 Å². The Kier molecular flexibility index (Phi) is 2.75. The van der Waals surface area contributed by atoms with Crippen LogP contribution in [0.2, 0.25) is 0 Å². The van der Waals surface area contributed by atoms with Gasteiger partial charge in [-0.25, -0.2) is 0 Å². The summed E-state index contributed by atoms with van der Waals surface area (Å²) in [6.45, 7) is 5.30. The van der Waals surface area contributed by atoms with E-state index in [0.717, 1.165) is 5.69 Å². The number of halogens is 1. The lowest BCUT2D eigenvalue weighted by molar-refractivity contribution is -0.117. The quantitative estimate of drug-likeness (QED) is 0.814. The van der Waals surface area contributed by atoms with Crippen molar-refractivity contribution in [1.82, 2.24) is 5.16 Å². The molecule has 1 heterocycles. The molecule has 72 valence electrons. The molecule has 0 saturated carbocycles. The van der Waals surface area contributed by atoms with E-state index >= 15 is 0 Å². The topological polar surface area (TPSA) is 55.1 Å². The molecular formula is C8H11BrN2O2. The Hall–Kier alpha value is -0.840. The third-order valence-corrected chi connectivity index (χ3v) is 1.76. The van der Waals surface area contributed by atoms with E-state index in [1.165, 1.54) is 0 Å². The average Bonchev–Trinajstić information content (AvgIpc) is 2.33. The van der Waals surface area contributed by atoms with Gasteiger partial charge in [0.05, 0.1) is 10.0 Å². The number of amides is 1. The van der Waals surface area contributed by atoms with Gasteiger partial charge in [0.2, 0.25) is 11.8 Å². The molecule has 0 aliphatic heterocycles. The Morgan fingerprint density at radius 3 is 2.69 bits per heavy atom. The fourth-order valence-electron chi connectivity index (χ4n) is 0.683. The minimum Gasteiger partial charge on any atom is -0.338 e. The number of anilines is 1. The summed E-state index contributed by atoms with van der Waals surface area (Å²) >= 11 is 3.23. The summed E-state index contributed by atoms with van der Waals surface area (Å²) in [4.78, 5) is 11.4. The fraction of sp³-hybridized carbons (Fsp3) is 0.500. The average molecular weight is 247 g/mol. The van der Waals surface area contributed by atoms with Crippen molar-refractivity contribution < 1.29 is 9.32 Å². The van der Waals surface area contributed by atoms with Gasteiger partial charge in [0.25, 0.3) is 0 Å². The van der Waals surface area contributed by atoms with Crippen molar-refractivity contribution in [3.05, 3.63) is 11.8 Å². The first-order valence-corrected chi connectivity index (χ1v) is 4.62. The highest BCUT2D eigenvalue weighted by atomic mass is 79.9. The zero-order valence-electron chi connectivity index (χ0n) is 7.72. The predicted octanol–water partition coefficient (Wildman–Crippen LogP) is 2.10. The number of hydrogen-bond donors (Lipinski definition) is 1. The lowest BCUT2D eigenvalue weighted by Crippen LogP contribution is -2.30. The molecule has 0 bridgehead atoms. The molecule has 0 aliphatic rings. The summed E-state index contributed by atoms with van der Waals surface area (Å²) in [6, 6.07) is 1.66. The normalized spacial score (nSPS) is 11.4. The summed E-state index contributed by atoms with van der Waals surface area (Å²) in [5.74, 6) is 0.207. The molecule has 0 fully saturated rings. The van der Waals surface area contributed by atoms with E-state index in [9.17, 15) is 4.79 Å². The van der Waals surface area contributed by atoms with Gasteiger partial charge in [0, 0.05) is 6.07 Å². The molecule has 0 spiro atoms. The molecule has 0 aliphatic carbocycles. The second-order valence-corrected chi connectivity index (χ2v) is 5.24. The van der Waals surface area contributed by atoms with E-state index < -0.39 is 4.32 Å². The van der Waals surface area contributed by atoms with Crippen LogP contribution in [0, 0.1) is 6.92 Å². The van der Waals surface area contributed by atoms with Gasteiger partial charge in [-0.2, -0.15) is 0 Å².